The van der Waals surface area contributed by atoms with Crippen molar-refractivity contribution in [3.8, 4) is 0 Å². The molecule has 164 valence electrons. The molecule has 0 radical (unpaired) electrons. The van der Waals surface area contributed by atoms with E-state index in [-0.39, 0.29) is 18.1 Å². The van der Waals surface area contributed by atoms with Gasteiger partial charge in [0.15, 0.2) is 0 Å². The van der Waals surface area contributed by atoms with Crippen molar-refractivity contribution in [3.05, 3.63) is 35.6 Å². The zero-order valence-electron chi connectivity index (χ0n) is 17.7. The third kappa shape index (κ3) is 4.23. The molecule has 2 amide bonds. The summed E-state index contributed by atoms with van der Waals surface area (Å²) in [5.41, 5.74) is -0.820. The number of hydrogen-bond acceptors (Lipinski definition) is 4. The molecule has 1 unspecified atom stereocenters. The second-order valence-corrected chi connectivity index (χ2v) is 8.95. The smallest absolute Gasteiger partial charge is 0.259 e. The first-order valence-electron chi connectivity index (χ1n) is 11.2. The van der Waals surface area contributed by atoms with Gasteiger partial charge in [0.05, 0.1) is 12.2 Å². The molecule has 1 aromatic carbocycles. The normalized spacial score (nSPS) is 29.5. The van der Waals surface area contributed by atoms with Crippen LogP contribution >= 0.6 is 0 Å². The number of nitrogens with zero attached hydrogens (tertiary/aromatic N) is 2. The van der Waals surface area contributed by atoms with Crippen LogP contribution in [0.25, 0.3) is 0 Å². The number of carbonyl (C=O) groups is 2. The maximum absolute atomic E-state index is 14.4. The Morgan fingerprint density at radius 1 is 1.20 bits per heavy atom. The summed E-state index contributed by atoms with van der Waals surface area (Å²) in [6.07, 6.45) is 5.60. The Kier molecular flexibility index (Phi) is 6.39. The van der Waals surface area contributed by atoms with Crippen LogP contribution in [0.4, 0.5) is 4.39 Å². The Hall–Kier alpha value is -1.99. The predicted octanol–water partition coefficient (Wildman–Crippen LogP) is 2.79. The van der Waals surface area contributed by atoms with E-state index in [0.717, 1.165) is 32.5 Å². The van der Waals surface area contributed by atoms with Gasteiger partial charge in [-0.25, -0.2) is 4.39 Å². The van der Waals surface area contributed by atoms with Crippen molar-refractivity contribution < 1.29 is 18.7 Å². The second kappa shape index (κ2) is 9.02. The van der Waals surface area contributed by atoms with E-state index in [2.05, 4.69) is 17.1 Å². The molecular formula is C23H32FN3O3. The number of halogens is 1. The number of ether oxygens (including phenoxy) is 1. The minimum absolute atomic E-state index is 0.00383. The molecule has 1 aliphatic carbocycles. The van der Waals surface area contributed by atoms with Crippen LogP contribution in [0, 0.1) is 11.7 Å². The third-order valence-electron chi connectivity index (χ3n) is 6.87. The molecule has 0 aromatic heterocycles. The van der Waals surface area contributed by atoms with E-state index in [1.54, 1.807) is 17.0 Å². The number of amides is 2. The number of benzene rings is 1. The average molecular weight is 418 g/mol. The van der Waals surface area contributed by atoms with Gasteiger partial charge in [-0.3, -0.25) is 14.5 Å². The van der Waals surface area contributed by atoms with E-state index in [4.69, 9.17) is 4.74 Å². The predicted molar refractivity (Wildman–Crippen MR) is 111 cm³/mol. The first kappa shape index (κ1) is 21.2. The van der Waals surface area contributed by atoms with Gasteiger partial charge < -0.3 is 15.0 Å². The standard InChI is InChI=1S/C23H32FN3O3/c1-17-8-10-23(11-9-17)27(22(29)18-6-2-3-7-19(18)24)20(16-30-23)21(28)25-12-15-26-13-4-5-14-26/h2-3,6-7,17,20H,4-5,8-16H2,1H3,(H,25,28). The van der Waals surface area contributed by atoms with Crippen molar-refractivity contribution >= 4 is 11.8 Å². The van der Waals surface area contributed by atoms with Gasteiger partial charge in [-0.05, 0) is 69.7 Å². The highest BCUT2D eigenvalue weighted by atomic mass is 19.1. The van der Waals surface area contributed by atoms with Gasteiger partial charge in [-0.15, -0.1) is 0 Å². The minimum atomic E-state index is -0.817. The Bertz CT molecular complexity index is 773. The largest absolute Gasteiger partial charge is 0.353 e. The fourth-order valence-corrected chi connectivity index (χ4v) is 5.01. The van der Waals surface area contributed by atoms with Crippen molar-refractivity contribution in [1.82, 2.24) is 15.1 Å². The Morgan fingerprint density at radius 2 is 1.90 bits per heavy atom. The number of likely N-dealkylation sites (tertiary alicyclic amines) is 1. The molecular weight excluding hydrogens is 385 g/mol. The number of rotatable bonds is 5. The number of carbonyl (C=O) groups excluding carboxylic acids is 2. The van der Waals surface area contributed by atoms with Gasteiger partial charge in [0.25, 0.3) is 5.91 Å². The number of nitrogens with one attached hydrogen (secondary N) is 1. The van der Waals surface area contributed by atoms with Gasteiger partial charge in [0.1, 0.15) is 17.6 Å². The van der Waals surface area contributed by atoms with Gasteiger partial charge in [-0.2, -0.15) is 0 Å². The molecule has 0 bridgehead atoms. The van der Waals surface area contributed by atoms with E-state index < -0.39 is 23.5 Å². The summed E-state index contributed by atoms with van der Waals surface area (Å²) < 4.78 is 20.6. The molecule has 1 saturated carbocycles. The summed E-state index contributed by atoms with van der Waals surface area (Å²) in [5, 5.41) is 2.98. The first-order chi connectivity index (χ1) is 14.5. The topological polar surface area (TPSA) is 61.9 Å². The van der Waals surface area contributed by atoms with Crippen LogP contribution in [0.3, 0.4) is 0 Å². The van der Waals surface area contributed by atoms with Crippen LogP contribution in [0.5, 0.6) is 0 Å². The molecule has 2 saturated heterocycles. The SMILES string of the molecule is CC1CCC2(CC1)OCC(C(=O)NCCN1CCCC1)N2C(=O)c1ccccc1F. The maximum atomic E-state index is 14.4. The van der Waals surface area contributed by atoms with Crippen molar-refractivity contribution in [2.45, 2.75) is 57.2 Å². The van der Waals surface area contributed by atoms with Gasteiger partial charge in [-0.1, -0.05) is 19.1 Å². The van der Waals surface area contributed by atoms with Crippen molar-refractivity contribution in [1.29, 1.82) is 0 Å². The van der Waals surface area contributed by atoms with Crippen LogP contribution in [-0.2, 0) is 9.53 Å². The molecule has 1 spiro atoms. The first-order valence-corrected chi connectivity index (χ1v) is 11.2. The number of hydrogen-bond donors (Lipinski definition) is 1. The molecule has 4 rings (SSSR count). The van der Waals surface area contributed by atoms with E-state index >= 15 is 0 Å². The lowest BCUT2D eigenvalue weighted by molar-refractivity contribution is -0.127. The van der Waals surface area contributed by atoms with Gasteiger partial charge in [0.2, 0.25) is 5.91 Å². The molecule has 3 fully saturated rings. The minimum Gasteiger partial charge on any atom is -0.353 e. The van der Waals surface area contributed by atoms with Crippen LogP contribution < -0.4 is 5.32 Å². The molecule has 1 aromatic rings. The van der Waals surface area contributed by atoms with Crippen molar-refractivity contribution in [2.75, 3.05) is 32.8 Å². The van der Waals surface area contributed by atoms with Crippen molar-refractivity contribution in [3.63, 3.8) is 0 Å². The van der Waals surface area contributed by atoms with Crippen LogP contribution in [0.15, 0.2) is 24.3 Å². The molecule has 2 heterocycles. The summed E-state index contributed by atoms with van der Waals surface area (Å²) in [7, 11) is 0. The highest BCUT2D eigenvalue weighted by molar-refractivity contribution is 5.98. The lowest BCUT2D eigenvalue weighted by Gasteiger charge is -2.43. The molecule has 2 aliphatic heterocycles. The molecule has 6 nitrogen and oxygen atoms in total. The zero-order chi connectivity index (χ0) is 21.1. The zero-order valence-corrected chi connectivity index (χ0v) is 17.7. The highest BCUT2D eigenvalue weighted by Gasteiger charge is 2.53. The lowest BCUT2D eigenvalue weighted by atomic mass is 9.83. The van der Waals surface area contributed by atoms with Crippen LogP contribution in [-0.4, -0.2) is 66.2 Å². The van der Waals surface area contributed by atoms with Crippen LogP contribution in [0.2, 0.25) is 0 Å². The third-order valence-corrected chi connectivity index (χ3v) is 6.87. The summed E-state index contributed by atoms with van der Waals surface area (Å²) >= 11 is 0. The second-order valence-electron chi connectivity index (χ2n) is 8.95. The molecule has 1 atom stereocenters. The van der Waals surface area contributed by atoms with E-state index in [1.807, 2.05) is 0 Å². The lowest BCUT2D eigenvalue weighted by Crippen LogP contribution is -2.57. The molecule has 3 aliphatic rings. The van der Waals surface area contributed by atoms with E-state index in [9.17, 15) is 14.0 Å². The molecule has 1 N–H and O–H groups in total. The molecule has 30 heavy (non-hydrogen) atoms. The Morgan fingerprint density at radius 3 is 2.60 bits per heavy atom. The fourth-order valence-electron chi connectivity index (χ4n) is 5.01. The van der Waals surface area contributed by atoms with Crippen LogP contribution in [0.1, 0.15) is 55.8 Å². The van der Waals surface area contributed by atoms with Crippen molar-refractivity contribution in [2.24, 2.45) is 5.92 Å². The average Bonchev–Trinajstić information content (AvgIpc) is 3.38. The quantitative estimate of drug-likeness (QED) is 0.800. The van der Waals surface area contributed by atoms with Gasteiger partial charge in [0, 0.05) is 13.1 Å². The summed E-state index contributed by atoms with van der Waals surface area (Å²) in [6, 6.07) is 5.24. The summed E-state index contributed by atoms with van der Waals surface area (Å²) in [4.78, 5) is 30.4. The highest BCUT2D eigenvalue weighted by Crippen LogP contribution is 2.43. The summed E-state index contributed by atoms with van der Waals surface area (Å²) in [5.74, 6) is -0.686. The van der Waals surface area contributed by atoms with Gasteiger partial charge >= 0.3 is 0 Å². The molecule has 7 heteroatoms. The Labute approximate surface area is 177 Å². The Balaban J connectivity index is 1.52. The maximum Gasteiger partial charge on any atom is 0.259 e. The summed E-state index contributed by atoms with van der Waals surface area (Å²) in [6.45, 7) is 5.84. The monoisotopic (exact) mass is 417 g/mol. The van der Waals surface area contributed by atoms with E-state index in [1.165, 1.54) is 25.0 Å². The fraction of sp³-hybridized carbons (Fsp3) is 0.652. The van der Waals surface area contributed by atoms with E-state index in [0.29, 0.717) is 25.3 Å².